The smallest absolute Gasteiger partial charge is 0.325 e. The molecule has 0 saturated heterocycles. The van der Waals surface area contributed by atoms with Gasteiger partial charge in [-0.05, 0) is 37.6 Å². The van der Waals surface area contributed by atoms with Gasteiger partial charge in [-0.1, -0.05) is 15.9 Å². The zero-order valence-electron chi connectivity index (χ0n) is 13.2. The first-order chi connectivity index (χ1) is 11.4. The molecular weight excluding hydrogens is 376 g/mol. The van der Waals surface area contributed by atoms with E-state index in [1.165, 1.54) is 10.8 Å². The fourth-order valence-corrected chi connectivity index (χ4v) is 2.41. The first kappa shape index (κ1) is 17.7. The van der Waals surface area contributed by atoms with Gasteiger partial charge in [-0.25, -0.2) is 9.36 Å². The van der Waals surface area contributed by atoms with Gasteiger partial charge in [-0.3, -0.25) is 14.2 Å². The number of amides is 1. The predicted molar refractivity (Wildman–Crippen MR) is 92.9 cm³/mol. The highest BCUT2D eigenvalue weighted by molar-refractivity contribution is 9.10. The van der Waals surface area contributed by atoms with E-state index in [4.69, 9.17) is 5.26 Å². The van der Waals surface area contributed by atoms with Crippen LogP contribution in [0.3, 0.4) is 0 Å². The van der Waals surface area contributed by atoms with Gasteiger partial charge in [0, 0.05) is 22.9 Å². The van der Waals surface area contributed by atoms with E-state index in [1.54, 1.807) is 31.2 Å². The van der Waals surface area contributed by atoms with Crippen molar-refractivity contribution in [3.63, 3.8) is 0 Å². The lowest BCUT2D eigenvalue weighted by Gasteiger charge is -2.10. The molecule has 0 spiro atoms. The highest BCUT2D eigenvalue weighted by atomic mass is 79.9. The van der Waals surface area contributed by atoms with Crippen molar-refractivity contribution in [2.75, 3.05) is 5.32 Å². The number of nitrogens with zero attached hydrogens (tertiary/aromatic N) is 3. The maximum atomic E-state index is 12.2. The van der Waals surface area contributed by atoms with Gasteiger partial charge in [0.1, 0.15) is 18.2 Å². The molecule has 124 valence electrons. The van der Waals surface area contributed by atoms with Crippen molar-refractivity contribution >= 4 is 27.5 Å². The van der Waals surface area contributed by atoms with Crippen molar-refractivity contribution in [2.45, 2.75) is 26.9 Å². The zero-order chi connectivity index (χ0) is 17.9. The second kappa shape index (κ2) is 7.27. The molecule has 1 N–H and O–H groups in total. The number of rotatable bonds is 4. The molecule has 0 bridgehead atoms. The molecule has 1 heterocycles. The molecule has 0 atom stereocenters. The average molecular weight is 391 g/mol. The predicted octanol–water partition coefficient (Wildman–Crippen LogP) is 1.61. The summed E-state index contributed by atoms with van der Waals surface area (Å²) in [6, 6.07) is 7.00. The second-order valence-corrected chi connectivity index (χ2v) is 5.98. The van der Waals surface area contributed by atoms with Gasteiger partial charge in [0.25, 0.3) is 5.56 Å². The Hall–Kier alpha value is -2.66. The van der Waals surface area contributed by atoms with Crippen molar-refractivity contribution in [1.82, 2.24) is 9.13 Å². The maximum absolute atomic E-state index is 12.2. The molecular formula is C16H15BrN4O3. The highest BCUT2D eigenvalue weighted by Crippen LogP contribution is 2.19. The van der Waals surface area contributed by atoms with Crippen LogP contribution >= 0.6 is 15.9 Å². The SMILES string of the molecule is CCn1cc(C#N)c(=O)n(CC(=O)Nc2ccc(Br)c(C)c2)c1=O. The number of nitriles is 1. The van der Waals surface area contributed by atoms with Crippen molar-refractivity contribution in [1.29, 1.82) is 5.26 Å². The van der Waals surface area contributed by atoms with Crippen LogP contribution in [-0.2, 0) is 17.9 Å². The summed E-state index contributed by atoms with van der Waals surface area (Å²) in [7, 11) is 0. The Bertz CT molecular complexity index is 953. The standard InChI is InChI=1S/C16H15BrN4O3/c1-3-20-8-11(7-18)15(23)21(16(20)24)9-14(22)19-12-4-5-13(17)10(2)6-12/h4-6,8H,3,9H2,1-2H3,(H,19,22). The molecule has 0 unspecified atom stereocenters. The summed E-state index contributed by atoms with van der Waals surface area (Å²) in [5.74, 6) is -0.520. The Balaban J connectivity index is 2.32. The summed E-state index contributed by atoms with van der Waals surface area (Å²) in [4.78, 5) is 36.5. The van der Waals surface area contributed by atoms with Crippen LogP contribution in [0.1, 0.15) is 18.1 Å². The molecule has 1 aromatic heterocycles. The van der Waals surface area contributed by atoms with E-state index in [0.29, 0.717) is 12.2 Å². The minimum Gasteiger partial charge on any atom is -0.325 e. The van der Waals surface area contributed by atoms with E-state index in [0.717, 1.165) is 14.6 Å². The third-order valence-corrected chi connectivity index (χ3v) is 4.33. The number of nitrogens with one attached hydrogen (secondary N) is 1. The average Bonchev–Trinajstić information content (AvgIpc) is 2.55. The summed E-state index contributed by atoms with van der Waals surface area (Å²) in [6.45, 7) is 3.42. The van der Waals surface area contributed by atoms with Crippen molar-refractivity contribution < 1.29 is 4.79 Å². The Morgan fingerprint density at radius 2 is 2.08 bits per heavy atom. The summed E-state index contributed by atoms with van der Waals surface area (Å²) < 4.78 is 2.89. The summed E-state index contributed by atoms with van der Waals surface area (Å²) in [5.41, 5.74) is -0.0764. The zero-order valence-corrected chi connectivity index (χ0v) is 14.8. The first-order valence-electron chi connectivity index (χ1n) is 7.17. The Kier molecular flexibility index (Phi) is 5.36. The molecule has 0 aliphatic rings. The topological polar surface area (TPSA) is 96.9 Å². The number of halogens is 1. The molecule has 7 nitrogen and oxygen atoms in total. The molecule has 8 heteroatoms. The van der Waals surface area contributed by atoms with Gasteiger partial charge in [-0.15, -0.1) is 0 Å². The number of anilines is 1. The van der Waals surface area contributed by atoms with Crippen molar-refractivity contribution in [3.8, 4) is 6.07 Å². The minimum absolute atomic E-state index is 0.177. The van der Waals surface area contributed by atoms with Crippen molar-refractivity contribution in [2.24, 2.45) is 0 Å². The molecule has 0 aliphatic carbocycles. The van der Waals surface area contributed by atoms with Gasteiger partial charge in [0.15, 0.2) is 0 Å². The van der Waals surface area contributed by atoms with Gasteiger partial charge < -0.3 is 5.32 Å². The first-order valence-corrected chi connectivity index (χ1v) is 7.97. The highest BCUT2D eigenvalue weighted by Gasteiger charge is 2.14. The number of benzene rings is 1. The largest absolute Gasteiger partial charge is 0.331 e. The van der Waals surface area contributed by atoms with Crippen LogP contribution < -0.4 is 16.6 Å². The van der Waals surface area contributed by atoms with Crippen LogP contribution in [0, 0.1) is 18.3 Å². The van der Waals surface area contributed by atoms with Gasteiger partial charge in [0.05, 0.1) is 0 Å². The third-order valence-electron chi connectivity index (χ3n) is 3.44. The van der Waals surface area contributed by atoms with Crippen LogP contribution in [0.5, 0.6) is 0 Å². The molecule has 1 amide bonds. The number of carbonyl (C=O) groups is 1. The number of aromatic nitrogens is 2. The molecule has 1 aromatic carbocycles. The Labute approximate surface area is 146 Å². The maximum Gasteiger partial charge on any atom is 0.331 e. The lowest BCUT2D eigenvalue weighted by molar-refractivity contribution is -0.116. The second-order valence-electron chi connectivity index (χ2n) is 5.13. The molecule has 0 saturated carbocycles. The van der Waals surface area contributed by atoms with Crippen LogP contribution in [0.15, 0.2) is 38.5 Å². The molecule has 2 aromatic rings. The van der Waals surface area contributed by atoms with Crippen molar-refractivity contribution in [3.05, 3.63) is 60.8 Å². The minimum atomic E-state index is -0.769. The van der Waals surface area contributed by atoms with E-state index in [9.17, 15) is 14.4 Å². The number of hydrogen-bond acceptors (Lipinski definition) is 4. The summed E-state index contributed by atoms with van der Waals surface area (Å²) in [6.07, 6.45) is 1.21. The fourth-order valence-electron chi connectivity index (χ4n) is 2.16. The lowest BCUT2D eigenvalue weighted by Crippen LogP contribution is -2.43. The van der Waals surface area contributed by atoms with E-state index in [2.05, 4.69) is 21.2 Å². The number of hydrogen-bond donors (Lipinski definition) is 1. The summed E-state index contributed by atoms with van der Waals surface area (Å²) in [5, 5.41) is 11.6. The van der Waals surface area contributed by atoms with Crippen LogP contribution in [0.2, 0.25) is 0 Å². The number of aryl methyl sites for hydroxylation is 2. The van der Waals surface area contributed by atoms with Crippen LogP contribution in [0.25, 0.3) is 0 Å². The lowest BCUT2D eigenvalue weighted by atomic mass is 10.2. The van der Waals surface area contributed by atoms with Gasteiger partial charge in [0.2, 0.25) is 5.91 Å². The van der Waals surface area contributed by atoms with E-state index < -0.39 is 23.7 Å². The Morgan fingerprint density at radius 3 is 2.67 bits per heavy atom. The quantitative estimate of drug-likeness (QED) is 0.857. The molecule has 0 radical (unpaired) electrons. The normalized spacial score (nSPS) is 10.2. The van der Waals surface area contributed by atoms with Crippen LogP contribution in [-0.4, -0.2) is 15.0 Å². The van der Waals surface area contributed by atoms with Gasteiger partial charge >= 0.3 is 5.69 Å². The molecule has 24 heavy (non-hydrogen) atoms. The molecule has 2 rings (SSSR count). The summed E-state index contributed by atoms with van der Waals surface area (Å²) >= 11 is 3.37. The molecule has 0 aliphatic heterocycles. The van der Waals surface area contributed by atoms with E-state index in [1.807, 2.05) is 6.92 Å². The third kappa shape index (κ3) is 3.63. The fraction of sp³-hybridized carbons (Fsp3) is 0.250. The number of carbonyl (C=O) groups excluding carboxylic acids is 1. The van der Waals surface area contributed by atoms with E-state index >= 15 is 0 Å². The Morgan fingerprint density at radius 1 is 1.38 bits per heavy atom. The molecule has 0 fully saturated rings. The van der Waals surface area contributed by atoms with Gasteiger partial charge in [-0.2, -0.15) is 5.26 Å². The van der Waals surface area contributed by atoms with E-state index in [-0.39, 0.29) is 5.56 Å². The monoisotopic (exact) mass is 390 g/mol. The van der Waals surface area contributed by atoms with Crippen LogP contribution in [0.4, 0.5) is 5.69 Å².